The molecule has 0 amide bonds. The maximum atomic E-state index is 3.63. The molecule has 0 spiro atoms. The zero-order valence-corrected chi connectivity index (χ0v) is 9.26. The van der Waals surface area contributed by atoms with E-state index in [0.29, 0.717) is 0 Å². The lowest BCUT2D eigenvalue weighted by atomic mass is 9.82. The number of piperazine rings is 1. The van der Waals surface area contributed by atoms with Crippen LogP contribution in [0.15, 0.2) is 0 Å². The summed E-state index contributed by atoms with van der Waals surface area (Å²) in [5, 5.41) is 7.01. The van der Waals surface area contributed by atoms with Crippen LogP contribution in [0.2, 0.25) is 0 Å². The van der Waals surface area contributed by atoms with Gasteiger partial charge in [-0.1, -0.05) is 6.92 Å². The highest BCUT2D eigenvalue weighted by Crippen LogP contribution is 2.25. The number of nitrogens with one attached hydrogen (secondary N) is 2. The lowest BCUT2D eigenvalue weighted by molar-refractivity contribution is 0.208. The Balaban J connectivity index is 1.50. The fourth-order valence-corrected chi connectivity index (χ4v) is 2.43. The molecule has 1 aliphatic heterocycles. The second-order valence-electron chi connectivity index (χ2n) is 4.82. The van der Waals surface area contributed by atoms with Gasteiger partial charge in [-0.2, -0.15) is 0 Å². The molecule has 1 aliphatic carbocycles. The molecule has 0 aromatic rings. The van der Waals surface area contributed by atoms with E-state index in [9.17, 15) is 0 Å². The van der Waals surface area contributed by atoms with Gasteiger partial charge in [0.15, 0.2) is 0 Å². The Morgan fingerprint density at radius 1 is 1.29 bits per heavy atom. The van der Waals surface area contributed by atoms with Gasteiger partial charge >= 0.3 is 0 Å². The third kappa shape index (κ3) is 2.94. The van der Waals surface area contributed by atoms with Crippen molar-refractivity contribution in [2.24, 2.45) is 5.92 Å². The summed E-state index contributed by atoms with van der Waals surface area (Å²) in [7, 11) is 0. The minimum atomic E-state index is 0.827. The normalized spacial score (nSPS) is 34.1. The van der Waals surface area contributed by atoms with Crippen molar-refractivity contribution in [2.75, 3.05) is 39.3 Å². The van der Waals surface area contributed by atoms with Crippen LogP contribution in [0.1, 0.15) is 19.8 Å². The van der Waals surface area contributed by atoms with Crippen molar-refractivity contribution >= 4 is 0 Å². The van der Waals surface area contributed by atoms with Gasteiger partial charge in [-0.25, -0.2) is 0 Å². The van der Waals surface area contributed by atoms with Crippen LogP contribution in [0.3, 0.4) is 0 Å². The number of nitrogens with zero attached hydrogens (tertiary/aromatic N) is 1. The minimum absolute atomic E-state index is 0.827. The SMILES string of the molecule is CC1CC(NCCN2CCNCC2)C1. The Morgan fingerprint density at radius 3 is 2.64 bits per heavy atom. The van der Waals surface area contributed by atoms with Crippen LogP contribution in [0.25, 0.3) is 0 Å². The second kappa shape index (κ2) is 5.10. The van der Waals surface area contributed by atoms with Crippen molar-refractivity contribution in [3.8, 4) is 0 Å². The molecule has 0 aromatic heterocycles. The average Bonchev–Trinajstić information content (AvgIpc) is 2.17. The van der Waals surface area contributed by atoms with E-state index in [2.05, 4.69) is 22.5 Å². The number of hydrogen-bond acceptors (Lipinski definition) is 3. The van der Waals surface area contributed by atoms with Crippen LogP contribution < -0.4 is 10.6 Å². The number of hydrogen-bond donors (Lipinski definition) is 2. The van der Waals surface area contributed by atoms with E-state index in [0.717, 1.165) is 12.0 Å². The van der Waals surface area contributed by atoms with Gasteiger partial charge < -0.3 is 10.6 Å². The van der Waals surface area contributed by atoms with Crippen molar-refractivity contribution in [2.45, 2.75) is 25.8 Å². The maximum absolute atomic E-state index is 3.63. The third-order valence-corrected chi connectivity index (χ3v) is 3.44. The lowest BCUT2D eigenvalue weighted by Crippen LogP contribution is -2.48. The number of rotatable bonds is 4. The fraction of sp³-hybridized carbons (Fsp3) is 1.00. The van der Waals surface area contributed by atoms with Crippen LogP contribution in [0.4, 0.5) is 0 Å². The Morgan fingerprint density at radius 2 is 2.00 bits per heavy atom. The molecule has 14 heavy (non-hydrogen) atoms. The van der Waals surface area contributed by atoms with Gasteiger partial charge in [-0.15, -0.1) is 0 Å². The molecule has 1 saturated carbocycles. The molecule has 3 heteroatoms. The quantitative estimate of drug-likeness (QED) is 0.678. The molecule has 0 unspecified atom stereocenters. The summed E-state index contributed by atoms with van der Waals surface area (Å²) in [4.78, 5) is 2.55. The molecule has 0 aromatic carbocycles. The molecule has 82 valence electrons. The smallest absolute Gasteiger partial charge is 0.0108 e. The molecule has 2 rings (SSSR count). The highest BCUT2D eigenvalue weighted by Gasteiger charge is 2.24. The summed E-state index contributed by atoms with van der Waals surface area (Å²) in [6.45, 7) is 9.53. The lowest BCUT2D eigenvalue weighted by Gasteiger charge is -2.34. The molecule has 0 atom stereocenters. The third-order valence-electron chi connectivity index (χ3n) is 3.44. The van der Waals surface area contributed by atoms with E-state index >= 15 is 0 Å². The monoisotopic (exact) mass is 197 g/mol. The van der Waals surface area contributed by atoms with Crippen LogP contribution in [-0.2, 0) is 0 Å². The molecule has 0 radical (unpaired) electrons. The van der Waals surface area contributed by atoms with Crippen molar-refractivity contribution < 1.29 is 0 Å². The van der Waals surface area contributed by atoms with Crippen LogP contribution >= 0.6 is 0 Å². The van der Waals surface area contributed by atoms with Crippen LogP contribution in [-0.4, -0.2) is 50.2 Å². The van der Waals surface area contributed by atoms with Crippen molar-refractivity contribution in [1.82, 2.24) is 15.5 Å². The molecule has 2 N–H and O–H groups in total. The predicted molar refractivity (Wildman–Crippen MR) is 59.5 cm³/mol. The Kier molecular flexibility index (Phi) is 3.79. The predicted octanol–water partition coefficient (Wildman–Crippen LogP) is 0.280. The van der Waals surface area contributed by atoms with Crippen LogP contribution in [0, 0.1) is 5.92 Å². The van der Waals surface area contributed by atoms with Crippen molar-refractivity contribution in [1.29, 1.82) is 0 Å². The van der Waals surface area contributed by atoms with Gasteiger partial charge in [-0.05, 0) is 18.8 Å². The maximum Gasteiger partial charge on any atom is 0.0108 e. The molecular weight excluding hydrogens is 174 g/mol. The Hall–Kier alpha value is -0.120. The van der Waals surface area contributed by atoms with Gasteiger partial charge in [0.2, 0.25) is 0 Å². The molecule has 2 aliphatic rings. The van der Waals surface area contributed by atoms with E-state index in [1.165, 1.54) is 52.1 Å². The van der Waals surface area contributed by atoms with E-state index in [-0.39, 0.29) is 0 Å². The first kappa shape index (κ1) is 10.4. The topological polar surface area (TPSA) is 27.3 Å². The second-order valence-corrected chi connectivity index (χ2v) is 4.82. The average molecular weight is 197 g/mol. The highest BCUT2D eigenvalue weighted by atomic mass is 15.2. The Bertz CT molecular complexity index is 160. The van der Waals surface area contributed by atoms with E-state index < -0.39 is 0 Å². The van der Waals surface area contributed by atoms with Crippen LogP contribution in [0.5, 0.6) is 0 Å². The van der Waals surface area contributed by atoms with Crippen molar-refractivity contribution in [3.05, 3.63) is 0 Å². The van der Waals surface area contributed by atoms with E-state index in [4.69, 9.17) is 0 Å². The van der Waals surface area contributed by atoms with Gasteiger partial charge in [0.1, 0.15) is 0 Å². The summed E-state index contributed by atoms with van der Waals surface area (Å²) in [6.07, 6.45) is 2.78. The van der Waals surface area contributed by atoms with E-state index in [1.54, 1.807) is 0 Å². The van der Waals surface area contributed by atoms with Crippen molar-refractivity contribution in [3.63, 3.8) is 0 Å². The largest absolute Gasteiger partial charge is 0.314 e. The first-order valence-electron chi connectivity index (χ1n) is 6.01. The van der Waals surface area contributed by atoms with Gasteiger partial charge in [-0.3, -0.25) is 4.90 Å². The summed E-state index contributed by atoms with van der Waals surface area (Å²) in [6, 6.07) is 0.827. The minimum Gasteiger partial charge on any atom is -0.314 e. The van der Waals surface area contributed by atoms with E-state index in [1.807, 2.05) is 0 Å². The summed E-state index contributed by atoms with van der Waals surface area (Å²) < 4.78 is 0. The fourth-order valence-electron chi connectivity index (χ4n) is 2.43. The standard InChI is InChI=1S/C11H23N3/c1-10-8-11(9-10)13-4-7-14-5-2-12-3-6-14/h10-13H,2-9H2,1H3. The molecule has 0 bridgehead atoms. The van der Waals surface area contributed by atoms with Gasteiger partial charge in [0.05, 0.1) is 0 Å². The van der Waals surface area contributed by atoms with Gasteiger partial charge in [0, 0.05) is 45.3 Å². The molecule has 2 fully saturated rings. The first-order valence-corrected chi connectivity index (χ1v) is 6.01. The Labute approximate surface area is 87.2 Å². The summed E-state index contributed by atoms with van der Waals surface area (Å²) in [5.41, 5.74) is 0. The zero-order valence-electron chi connectivity index (χ0n) is 9.26. The first-order chi connectivity index (χ1) is 6.84. The zero-order chi connectivity index (χ0) is 9.80. The summed E-state index contributed by atoms with van der Waals surface area (Å²) >= 11 is 0. The molecule has 3 nitrogen and oxygen atoms in total. The highest BCUT2D eigenvalue weighted by molar-refractivity contribution is 4.82. The molecule has 1 heterocycles. The molecule has 1 saturated heterocycles. The summed E-state index contributed by atoms with van der Waals surface area (Å²) in [5.74, 6) is 0.965. The molecular formula is C11H23N3. The van der Waals surface area contributed by atoms with Gasteiger partial charge in [0.25, 0.3) is 0 Å².